The Hall–Kier alpha value is -0.563. The van der Waals surface area contributed by atoms with Crippen LogP contribution in [0.2, 0.25) is 18.1 Å². The van der Waals surface area contributed by atoms with Crippen molar-refractivity contribution >= 4 is 43.0 Å². The number of nitrogen functional groups attached to an aromatic ring is 1. The molecule has 38 heavy (non-hydrogen) atoms. The summed E-state index contributed by atoms with van der Waals surface area (Å²) in [5, 5.41) is 11.3. The number of anilines is 1. The fraction of sp³-hybridized carbons (Fsp3) is 0.760. The summed E-state index contributed by atoms with van der Waals surface area (Å²) in [7, 11) is -2.32. The van der Waals surface area contributed by atoms with Gasteiger partial charge in [0.25, 0.3) is 0 Å². The molecule has 13 heteroatoms. The van der Waals surface area contributed by atoms with Gasteiger partial charge in [0.1, 0.15) is 24.1 Å². The fourth-order valence-electron chi connectivity index (χ4n) is 4.97. The summed E-state index contributed by atoms with van der Waals surface area (Å²) in [5.41, 5.74) is 3.57. The van der Waals surface area contributed by atoms with Crippen molar-refractivity contribution in [3.8, 4) is 0 Å². The first-order valence-corrected chi connectivity index (χ1v) is 20.1. The Morgan fingerprint density at radius 3 is 2.76 bits per heavy atom. The molecule has 1 aromatic heterocycles. The van der Waals surface area contributed by atoms with Crippen LogP contribution in [-0.2, 0) is 30.0 Å². The van der Waals surface area contributed by atoms with Gasteiger partial charge in [0.05, 0.1) is 12.7 Å². The molecule has 1 aromatic rings. The van der Waals surface area contributed by atoms with E-state index in [0.717, 1.165) is 19.3 Å². The number of aliphatic hydroxyl groups excluding tert-OH is 1. The lowest BCUT2D eigenvalue weighted by Crippen LogP contribution is -2.50. The number of nitrogens with zero attached hydrogens (tertiary/aromatic N) is 2. The summed E-state index contributed by atoms with van der Waals surface area (Å²) < 4.78 is 26.9. The van der Waals surface area contributed by atoms with Gasteiger partial charge in [-0.25, -0.2) is 4.79 Å². The minimum atomic E-state index is -2.67. The van der Waals surface area contributed by atoms with Crippen LogP contribution in [-0.4, -0.2) is 58.7 Å². The Morgan fingerprint density at radius 2 is 2.16 bits per heavy atom. The van der Waals surface area contributed by atoms with E-state index in [4.69, 9.17) is 35.8 Å². The highest BCUT2D eigenvalue weighted by molar-refractivity contribution is 8.68. The van der Waals surface area contributed by atoms with Crippen molar-refractivity contribution in [2.45, 2.75) is 107 Å². The second kappa shape index (κ2) is 10.7. The van der Waals surface area contributed by atoms with E-state index in [9.17, 15) is 9.90 Å². The van der Waals surface area contributed by atoms with Crippen molar-refractivity contribution in [1.29, 1.82) is 0 Å². The first-order chi connectivity index (χ1) is 17.4. The molecule has 8 atom stereocenters. The van der Waals surface area contributed by atoms with Crippen molar-refractivity contribution < 1.29 is 23.3 Å². The Labute approximate surface area is 235 Å². The highest BCUT2D eigenvalue weighted by Gasteiger charge is 2.55. The molecule has 2 aliphatic heterocycles. The summed E-state index contributed by atoms with van der Waals surface area (Å²) >= 11 is 7.60. The number of ether oxygens (including phenoxy) is 1. The zero-order valence-electron chi connectivity index (χ0n) is 23.4. The molecule has 2 saturated heterocycles. The molecule has 1 aliphatic carbocycles. The van der Waals surface area contributed by atoms with E-state index in [1.807, 2.05) is 0 Å². The SMILES string of the molecule is C=C(C)[C@@H]1CC[C@]2(C)S[P@@](=S)(OC[C@H]3O[C@@H](n4ccc(N)nc4=O)[C@H](O)[C@@H]3O[Si](C)(C)C(C)(C)C)O[C@H]2C1. The van der Waals surface area contributed by atoms with Crippen LogP contribution in [0.1, 0.15) is 60.1 Å². The van der Waals surface area contributed by atoms with Crippen LogP contribution in [0.5, 0.6) is 0 Å². The monoisotopic (exact) mass is 603 g/mol. The standard InChI is InChI=1S/C25H42N3O6PS2Si/c1-15(2)16-9-11-25(6)18(13-16)33-35(36,37-25)31-14-17-21(34-38(7,8)24(3,4)5)20(29)22(32-17)28-12-10-19(26)27-23(28)30/h10,12,16-18,20-22,29H,1,9,11,13-14H2,2-8H3,(H2,26,27,30)/t16-,17-,18+,20-,21-,22-,25+,35+/m1/s1. The van der Waals surface area contributed by atoms with E-state index >= 15 is 0 Å². The van der Waals surface area contributed by atoms with E-state index in [1.54, 1.807) is 11.4 Å². The predicted octanol–water partition coefficient (Wildman–Crippen LogP) is 4.98. The molecule has 0 amide bonds. The van der Waals surface area contributed by atoms with Gasteiger partial charge in [-0.2, -0.15) is 4.98 Å². The average Bonchev–Trinajstić information content (AvgIpc) is 3.23. The van der Waals surface area contributed by atoms with Crippen molar-refractivity contribution in [3.63, 3.8) is 0 Å². The van der Waals surface area contributed by atoms with Crippen LogP contribution in [0, 0.1) is 5.92 Å². The first-order valence-electron chi connectivity index (χ1n) is 13.1. The van der Waals surface area contributed by atoms with Crippen LogP contribution in [0.15, 0.2) is 29.2 Å². The Bertz CT molecular complexity index is 1180. The highest BCUT2D eigenvalue weighted by atomic mass is 32.9. The van der Waals surface area contributed by atoms with E-state index in [1.165, 1.54) is 22.4 Å². The molecular formula is C25H42N3O6PS2Si. The van der Waals surface area contributed by atoms with Gasteiger partial charge in [0.2, 0.25) is 5.69 Å². The van der Waals surface area contributed by atoms with Crippen LogP contribution in [0.3, 0.4) is 0 Å². The molecule has 9 nitrogen and oxygen atoms in total. The van der Waals surface area contributed by atoms with Crippen molar-refractivity contribution in [2.24, 2.45) is 5.92 Å². The lowest BCUT2D eigenvalue weighted by Gasteiger charge is -2.40. The van der Waals surface area contributed by atoms with Gasteiger partial charge >= 0.3 is 5.69 Å². The third kappa shape index (κ3) is 6.04. The number of fused-ring (bicyclic) bond motifs is 1. The quantitative estimate of drug-likeness (QED) is 0.251. The van der Waals surface area contributed by atoms with Crippen molar-refractivity contribution in [3.05, 3.63) is 34.9 Å². The maximum atomic E-state index is 12.6. The van der Waals surface area contributed by atoms with E-state index in [0.29, 0.717) is 5.92 Å². The van der Waals surface area contributed by atoms with Crippen molar-refractivity contribution in [2.75, 3.05) is 12.3 Å². The molecule has 0 unspecified atom stereocenters. The molecule has 0 bridgehead atoms. The number of allylic oxidation sites excluding steroid dienone is 1. The topological polar surface area (TPSA) is 118 Å². The zero-order chi connectivity index (χ0) is 28.3. The number of hydrogen-bond acceptors (Lipinski definition) is 10. The summed E-state index contributed by atoms with van der Waals surface area (Å²) in [6.45, 7) is 19.1. The molecule has 4 rings (SSSR count). The van der Waals surface area contributed by atoms with Gasteiger partial charge in [0, 0.05) is 10.9 Å². The number of aliphatic hydroxyl groups is 1. The maximum absolute atomic E-state index is 12.6. The van der Waals surface area contributed by atoms with E-state index in [2.05, 4.69) is 59.3 Å². The number of aromatic nitrogens is 2. The van der Waals surface area contributed by atoms with Crippen LogP contribution in [0.25, 0.3) is 0 Å². The molecule has 3 aliphatic rings. The molecule has 0 aromatic carbocycles. The van der Waals surface area contributed by atoms with Crippen LogP contribution in [0.4, 0.5) is 5.82 Å². The average molecular weight is 604 g/mol. The minimum absolute atomic E-state index is 0.00956. The lowest BCUT2D eigenvalue weighted by molar-refractivity contribution is -0.0516. The summed E-state index contributed by atoms with van der Waals surface area (Å²) in [6, 6.07) is 1.50. The largest absolute Gasteiger partial charge is 0.408 e. The maximum Gasteiger partial charge on any atom is 0.351 e. The van der Waals surface area contributed by atoms with Gasteiger partial charge in [-0.1, -0.05) is 44.3 Å². The third-order valence-corrected chi connectivity index (χ3v) is 18.8. The smallest absolute Gasteiger partial charge is 0.351 e. The second-order valence-corrected chi connectivity index (χ2v) is 23.9. The Kier molecular flexibility index (Phi) is 8.55. The second-order valence-electron chi connectivity index (χ2n) is 12.5. The molecule has 3 N–H and O–H groups in total. The zero-order valence-corrected chi connectivity index (χ0v) is 26.9. The molecule has 3 fully saturated rings. The molecule has 3 heterocycles. The van der Waals surface area contributed by atoms with Gasteiger partial charge < -0.3 is 29.1 Å². The third-order valence-electron chi connectivity index (χ3n) is 8.51. The summed E-state index contributed by atoms with van der Waals surface area (Å²) in [6.07, 6.45) is 0.961. The van der Waals surface area contributed by atoms with Gasteiger partial charge in [-0.05, 0) is 75.0 Å². The van der Waals surface area contributed by atoms with Gasteiger partial charge in [-0.15, -0.1) is 0 Å². The number of hydrogen-bond donors (Lipinski definition) is 2. The van der Waals surface area contributed by atoms with E-state index < -0.39 is 44.2 Å². The molecular weight excluding hydrogens is 561 g/mol. The summed E-state index contributed by atoms with van der Waals surface area (Å²) in [5.74, 6) is 0.531. The van der Waals surface area contributed by atoms with E-state index in [-0.39, 0.29) is 28.3 Å². The molecule has 0 radical (unpaired) electrons. The predicted molar refractivity (Wildman–Crippen MR) is 158 cm³/mol. The molecule has 1 saturated carbocycles. The highest BCUT2D eigenvalue weighted by Crippen LogP contribution is 2.75. The molecule has 0 spiro atoms. The number of rotatable bonds is 7. The fourth-order valence-corrected chi connectivity index (χ4v) is 13.4. The minimum Gasteiger partial charge on any atom is -0.408 e. The van der Waals surface area contributed by atoms with Crippen LogP contribution < -0.4 is 11.4 Å². The Morgan fingerprint density at radius 1 is 1.47 bits per heavy atom. The normalized spacial score (nSPS) is 37.8. The first kappa shape index (κ1) is 30.4. The molecule has 214 valence electrons. The lowest BCUT2D eigenvalue weighted by atomic mass is 9.77. The Balaban J connectivity index is 1.55. The van der Waals surface area contributed by atoms with Gasteiger partial charge in [0.15, 0.2) is 14.5 Å². The number of nitrogens with two attached hydrogens (primary N) is 1. The van der Waals surface area contributed by atoms with Crippen molar-refractivity contribution in [1.82, 2.24) is 9.55 Å². The van der Waals surface area contributed by atoms with Gasteiger partial charge in [-0.3, -0.25) is 4.57 Å². The van der Waals surface area contributed by atoms with Crippen LogP contribution >= 0.6 is 17.1 Å². The summed E-state index contributed by atoms with van der Waals surface area (Å²) in [4.78, 5) is 16.4.